The molecule has 0 bridgehead atoms. The van der Waals surface area contributed by atoms with Crippen LogP contribution in [0.3, 0.4) is 0 Å². The Morgan fingerprint density at radius 2 is 1.43 bits per heavy atom. The molecule has 0 amide bonds. The van der Waals surface area contributed by atoms with E-state index in [1.54, 1.807) is 0 Å². The van der Waals surface area contributed by atoms with Gasteiger partial charge in [0.05, 0.1) is 8.80 Å². The number of hydrogen-bond acceptors (Lipinski definition) is 1. The summed E-state index contributed by atoms with van der Waals surface area (Å²) < 4.78 is 0. The van der Waals surface area contributed by atoms with Crippen LogP contribution >= 0.6 is 24.8 Å². The Balaban J connectivity index is -0.000000195. The van der Waals surface area contributed by atoms with E-state index >= 15 is 0 Å². The van der Waals surface area contributed by atoms with Gasteiger partial charge in [0.25, 0.3) is 0 Å². The molecule has 3 radical (unpaired) electrons. The molecule has 1 aliphatic rings. The van der Waals surface area contributed by atoms with Gasteiger partial charge in [-0.2, -0.15) is 11.1 Å². The second kappa shape index (κ2) is 16.8. The fraction of sp³-hybridized carbons (Fsp3) is 0.583. The smallest absolute Gasteiger partial charge is 0.115 e. The standard InChI is InChI=1S/C13H21OSi.C9H13.C2H6Si.2ClH.Ti/c1-9-7-10(13(2,3)4)12(15(5)6)11(14)8-9;1-6-5-7(2)9(4)8(6)3;1-3-2;;;/h7-8,14H,1-6H3;6H,1-4H3;1-2H3;2*1H;/q;-1;;;;. The average molecular weight is 522 g/mol. The average Bonchev–Trinajstić information content (AvgIpc) is 2.73. The summed E-state index contributed by atoms with van der Waals surface area (Å²) >= 11 is 0. The van der Waals surface area contributed by atoms with Crippen LogP contribution in [0.5, 0.6) is 5.75 Å². The number of halogens is 2. The van der Waals surface area contributed by atoms with Gasteiger partial charge < -0.3 is 5.11 Å². The van der Waals surface area contributed by atoms with E-state index in [-0.39, 0.29) is 51.9 Å². The third-order valence-corrected chi connectivity index (χ3v) is 6.33. The monoisotopic (exact) mass is 520 g/mol. The molecule has 0 saturated heterocycles. The summed E-state index contributed by atoms with van der Waals surface area (Å²) in [5.74, 6) is 1.05. The summed E-state index contributed by atoms with van der Waals surface area (Å²) in [6.45, 7) is 26.1. The van der Waals surface area contributed by atoms with Crippen molar-refractivity contribution in [3.05, 3.63) is 46.1 Å². The number of aryl methyl sites for hydroxylation is 1. The van der Waals surface area contributed by atoms with E-state index < -0.39 is 8.80 Å². The first kappa shape index (κ1) is 37.5. The summed E-state index contributed by atoms with van der Waals surface area (Å²) in [6.07, 6.45) is 3.36. The van der Waals surface area contributed by atoms with Crippen molar-refractivity contribution in [2.45, 2.75) is 87.0 Å². The van der Waals surface area contributed by atoms with Crippen LogP contribution < -0.4 is 5.19 Å². The third-order valence-electron chi connectivity index (χ3n) is 4.81. The van der Waals surface area contributed by atoms with Gasteiger partial charge in [0, 0.05) is 31.2 Å². The van der Waals surface area contributed by atoms with E-state index in [0.717, 1.165) is 15.1 Å². The van der Waals surface area contributed by atoms with Crippen molar-refractivity contribution in [1.82, 2.24) is 0 Å². The zero-order valence-electron chi connectivity index (χ0n) is 21.0. The molecule has 1 nitrogen and oxygen atoms in total. The van der Waals surface area contributed by atoms with Crippen molar-refractivity contribution in [2.24, 2.45) is 5.92 Å². The molecule has 6 heteroatoms. The van der Waals surface area contributed by atoms with Crippen molar-refractivity contribution >= 4 is 48.3 Å². The summed E-state index contributed by atoms with van der Waals surface area (Å²) in [7, 11) is 0.462. The predicted octanol–water partition coefficient (Wildman–Crippen LogP) is 7.31. The largest absolute Gasteiger partial charge is 0.508 e. The molecule has 1 aromatic rings. The van der Waals surface area contributed by atoms with Crippen molar-refractivity contribution in [3.8, 4) is 5.75 Å². The zero-order valence-corrected chi connectivity index (χ0v) is 26.2. The second-order valence-corrected chi connectivity index (χ2v) is 12.3. The van der Waals surface area contributed by atoms with Crippen LogP contribution in [0.1, 0.15) is 59.6 Å². The molecule has 1 N–H and O–H groups in total. The molecule has 0 spiro atoms. The number of allylic oxidation sites excluding steroid dienone is 4. The van der Waals surface area contributed by atoms with E-state index in [0.29, 0.717) is 11.7 Å². The van der Waals surface area contributed by atoms with Crippen molar-refractivity contribution in [1.29, 1.82) is 0 Å². The van der Waals surface area contributed by atoms with E-state index in [2.05, 4.69) is 86.8 Å². The minimum Gasteiger partial charge on any atom is -0.508 e. The van der Waals surface area contributed by atoms with Gasteiger partial charge in [-0.3, -0.25) is 6.08 Å². The minimum atomic E-state index is -0.621. The van der Waals surface area contributed by atoms with Gasteiger partial charge in [-0.05, 0) is 34.7 Å². The summed E-state index contributed by atoms with van der Waals surface area (Å²) in [5.41, 5.74) is 6.80. The Labute approximate surface area is 218 Å². The molecule has 0 heterocycles. The van der Waals surface area contributed by atoms with Crippen LogP contribution in [-0.4, -0.2) is 23.4 Å². The van der Waals surface area contributed by atoms with E-state index in [1.165, 1.54) is 27.5 Å². The van der Waals surface area contributed by atoms with Crippen molar-refractivity contribution in [3.63, 3.8) is 0 Å². The quantitative estimate of drug-likeness (QED) is 0.304. The van der Waals surface area contributed by atoms with Crippen LogP contribution in [0.15, 0.2) is 28.9 Å². The normalized spacial score (nSPS) is 14.8. The Bertz CT molecular complexity index is 693. The number of phenolic OH excluding ortho intramolecular Hbond substituents is 1. The molecular weight excluding hydrogens is 479 g/mol. The predicted molar refractivity (Wildman–Crippen MR) is 141 cm³/mol. The number of phenols is 1. The molecule has 1 aliphatic carbocycles. The van der Waals surface area contributed by atoms with Crippen LogP contribution in [0, 0.1) is 18.9 Å². The van der Waals surface area contributed by atoms with Gasteiger partial charge in [-0.25, -0.2) is 5.57 Å². The van der Waals surface area contributed by atoms with E-state index in [1.807, 2.05) is 13.0 Å². The molecular formula is C24H42Cl2OSi2Ti-. The topological polar surface area (TPSA) is 20.2 Å². The van der Waals surface area contributed by atoms with Gasteiger partial charge in [0.15, 0.2) is 0 Å². The van der Waals surface area contributed by atoms with E-state index in [4.69, 9.17) is 0 Å². The zero-order chi connectivity index (χ0) is 21.5. The molecule has 0 saturated carbocycles. The van der Waals surface area contributed by atoms with Crippen molar-refractivity contribution < 1.29 is 26.8 Å². The maximum absolute atomic E-state index is 10.0. The Morgan fingerprint density at radius 1 is 1.00 bits per heavy atom. The molecule has 0 aromatic heterocycles. The maximum atomic E-state index is 10.0. The number of rotatable bonds is 1. The fourth-order valence-electron chi connectivity index (χ4n) is 3.05. The second-order valence-electron chi connectivity index (χ2n) is 8.76. The first-order chi connectivity index (χ1) is 12.3. The van der Waals surface area contributed by atoms with Crippen LogP contribution in [0.25, 0.3) is 0 Å². The first-order valence-corrected chi connectivity index (χ1v) is 14.3. The summed E-state index contributed by atoms with van der Waals surface area (Å²) in [6, 6.07) is 4.09. The molecule has 0 aliphatic heterocycles. The minimum absolute atomic E-state index is 0. The Morgan fingerprint density at radius 3 is 1.67 bits per heavy atom. The number of benzene rings is 1. The van der Waals surface area contributed by atoms with Crippen LogP contribution in [0.4, 0.5) is 0 Å². The molecule has 0 fully saturated rings. The Hall–Kier alpha value is 0.228. The van der Waals surface area contributed by atoms with Gasteiger partial charge in [0.1, 0.15) is 5.75 Å². The Kier molecular flexibility index (Phi) is 21.0. The molecule has 171 valence electrons. The first-order valence-electron chi connectivity index (χ1n) is 9.78. The maximum Gasteiger partial charge on any atom is 0.115 e. The molecule has 30 heavy (non-hydrogen) atoms. The van der Waals surface area contributed by atoms with Gasteiger partial charge in [-0.1, -0.05) is 79.7 Å². The van der Waals surface area contributed by atoms with Crippen LogP contribution in [0.2, 0.25) is 26.2 Å². The van der Waals surface area contributed by atoms with Crippen molar-refractivity contribution in [2.75, 3.05) is 0 Å². The van der Waals surface area contributed by atoms with Crippen LogP contribution in [-0.2, 0) is 27.1 Å². The molecule has 2 rings (SSSR count). The third kappa shape index (κ3) is 11.7. The fourth-order valence-corrected chi connectivity index (χ4v) is 4.62. The summed E-state index contributed by atoms with van der Waals surface area (Å²) in [5, 5.41) is 11.2. The van der Waals surface area contributed by atoms with Gasteiger partial charge in [-0.15, -0.1) is 31.7 Å². The number of aromatic hydroxyl groups is 1. The molecule has 1 unspecified atom stereocenters. The molecule has 1 atom stereocenters. The summed E-state index contributed by atoms with van der Waals surface area (Å²) in [4.78, 5) is 0. The number of hydrogen-bond donors (Lipinski definition) is 1. The van der Waals surface area contributed by atoms with E-state index in [9.17, 15) is 5.11 Å². The van der Waals surface area contributed by atoms with Gasteiger partial charge >= 0.3 is 0 Å². The van der Waals surface area contributed by atoms with Gasteiger partial charge in [0.2, 0.25) is 0 Å². The SMILES string of the molecule is CC1=[C-]C(C)C(C)=C1C.C[Si]C.Cc1cc(O)c([Si](C)C)c(C(C)(C)C)c1.Cl.Cl.[Ti]. The molecule has 1 aromatic carbocycles.